The summed E-state index contributed by atoms with van der Waals surface area (Å²) >= 11 is 0. The second-order valence-corrected chi connectivity index (χ2v) is 8.73. The summed E-state index contributed by atoms with van der Waals surface area (Å²) in [6.45, 7) is 0. The molecular weight excluding hydrogens is 485 g/mol. The molecule has 2 aromatic rings. The van der Waals surface area contributed by atoms with E-state index >= 15 is 0 Å². The van der Waals surface area contributed by atoms with E-state index in [4.69, 9.17) is 0 Å². The van der Waals surface area contributed by atoms with Gasteiger partial charge in [-0.15, -0.1) is 0 Å². The molecule has 13 heteroatoms. The van der Waals surface area contributed by atoms with E-state index in [9.17, 15) is 40.3 Å². The Morgan fingerprint density at radius 2 is 1.57 bits per heavy atom. The monoisotopic (exact) mass is 506 g/mol. The maximum Gasteiger partial charge on any atom is 0.427 e. The molecule has 1 aromatic heterocycles. The van der Waals surface area contributed by atoms with Crippen LogP contribution in [-0.4, -0.2) is 27.7 Å². The molecule has 0 radical (unpaired) electrons. The van der Waals surface area contributed by atoms with Crippen LogP contribution in [0, 0.1) is 11.7 Å². The van der Waals surface area contributed by atoms with E-state index in [1.807, 2.05) is 0 Å². The van der Waals surface area contributed by atoms with Gasteiger partial charge in [-0.1, -0.05) is 32.1 Å². The second kappa shape index (κ2) is 8.83. The number of benzene rings is 1. The summed E-state index contributed by atoms with van der Waals surface area (Å²) in [5.74, 6) is -2.28. The number of H-pyrrole nitrogens is 1. The Bertz CT molecular complexity index is 1220. The third kappa shape index (κ3) is 4.36. The zero-order chi connectivity index (χ0) is 25.6. The number of halogens is 7. The van der Waals surface area contributed by atoms with Gasteiger partial charge < -0.3 is 5.32 Å². The summed E-state index contributed by atoms with van der Waals surface area (Å²) in [6.07, 6.45) is -7.63. The topological polar surface area (TPSA) is 79.2 Å². The molecule has 6 nitrogen and oxygen atoms in total. The van der Waals surface area contributed by atoms with Crippen molar-refractivity contribution in [3.63, 3.8) is 0 Å². The first-order valence-corrected chi connectivity index (χ1v) is 11.0. The Morgan fingerprint density at radius 3 is 2.14 bits per heavy atom. The maximum atomic E-state index is 14.3. The van der Waals surface area contributed by atoms with Crippen molar-refractivity contribution in [2.75, 3.05) is 5.32 Å². The second-order valence-electron chi connectivity index (χ2n) is 8.73. The normalized spacial score (nSPS) is 18.5. The molecule has 2 heterocycles. The Labute approximate surface area is 193 Å². The van der Waals surface area contributed by atoms with Crippen molar-refractivity contribution in [1.82, 2.24) is 9.55 Å². The van der Waals surface area contributed by atoms with Crippen LogP contribution in [0.3, 0.4) is 0 Å². The maximum absolute atomic E-state index is 14.3. The van der Waals surface area contributed by atoms with Gasteiger partial charge in [0.1, 0.15) is 23.0 Å². The lowest BCUT2D eigenvalue weighted by atomic mass is 9.85. The quantitative estimate of drug-likeness (QED) is 0.562. The molecular formula is C22H21F7N4O2. The molecule has 0 spiro atoms. The number of aromatic nitrogens is 2. The minimum absolute atomic E-state index is 0.110. The number of nitrogens with zero attached hydrogens (tertiary/aromatic N) is 2. The lowest BCUT2D eigenvalue weighted by Gasteiger charge is -2.39. The SMILES string of the molecule is O=c1[nH]c(=O)n(-c2ccc(F)cc2)c2c1C(C(F)(F)F)(C(F)(F)F)N=C(CCC1CCCCC1)N2. The van der Waals surface area contributed by atoms with Gasteiger partial charge in [-0.05, 0) is 36.6 Å². The number of anilines is 1. The zero-order valence-electron chi connectivity index (χ0n) is 18.2. The third-order valence-electron chi connectivity index (χ3n) is 6.46. The Hall–Kier alpha value is -3.12. The highest BCUT2D eigenvalue weighted by Gasteiger charge is 2.75. The summed E-state index contributed by atoms with van der Waals surface area (Å²) in [5, 5.41) is 2.40. The zero-order valence-corrected chi connectivity index (χ0v) is 18.2. The van der Waals surface area contributed by atoms with Crippen LogP contribution in [0.2, 0.25) is 0 Å². The Morgan fingerprint density at radius 1 is 0.971 bits per heavy atom. The van der Waals surface area contributed by atoms with E-state index in [1.165, 1.54) is 4.98 Å². The van der Waals surface area contributed by atoms with Crippen LogP contribution >= 0.6 is 0 Å². The van der Waals surface area contributed by atoms with E-state index in [-0.39, 0.29) is 24.4 Å². The first-order chi connectivity index (χ1) is 16.3. The van der Waals surface area contributed by atoms with Crippen LogP contribution in [-0.2, 0) is 5.54 Å². The number of fused-ring (bicyclic) bond motifs is 1. The van der Waals surface area contributed by atoms with Gasteiger partial charge in [0.25, 0.3) is 11.1 Å². The molecule has 190 valence electrons. The Balaban J connectivity index is 1.95. The minimum Gasteiger partial charge on any atom is -0.329 e. The number of aromatic amines is 1. The Kier molecular flexibility index (Phi) is 6.30. The van der Waals surface area contributed by atoms with Gasteiger partial charge in [-0.2, -0.15) is 26.3 Å². The lowest BCUT2D eigenvalue weighted by Crippen LogP contribution is -2.59. The van der Waals surface area contributed by atoms with E-state index < -0.39 is 52.2 Å². The number of alkyl halides is 6. The van der Waals surface area contributed by atoms with E-state index in [0.717, 1.165) is 56.4 Å². The summed E-state index contributed by atoms with van der Waals surface area (Å²) < 4.78 is 99.4. The smallest absolute Gasteiger partial charge is 0.329 e. The van der Waals surface area contributed by atoms with Crippen molar-refractivity contribution in [2.24, 2.45) is 10.9 Å². The fraction of sp³-hybridized carbons (Fsp3) is 0.500. The molecule has 1 aliphatic heterocycles. The van der Waals surface area contributed by atoms with Crippen molar-refractivity contribution in [3.8, 4) is 5.69 Å². The largest absolute Gasteiger partial charge is 0.427 e. The highest BCUT2D eigenvalue weighted by molar-refractivity contribution is 5.98. The fourth-order valence-electron chi connectivity index (χ4n) is 4.76. The number of hydrogen-bond donors (Lipinski definition) is 2. The van der Waals surface area contributed by atoms with Gasteiger partial charge in [0.2, 0.25) is 0 Å². The molecule has 0 unspecified atom stereocenters. The standard InChI is InChI=1S/C22H21F7N4O2/c23-13-7-9-14(10-8-13)33-17-16(18(34)31-19(33)35)20(21(24,25)26,22(27,28)29)32-15(30-17)11-6-12-4-2-1-3-5-12/h7-10,12H,1-6,11H2,(H,30,32)(H,31,34,35). The molecule has 0 amide bonds. The number of rotatable bonds is 4. The van der Waals surface area contributed by atoms with Crippen LogP contribution in [0.5, 0.6) is 0 Å². The van der Waals surface area contributed by atoms with Crippen LogP contribution in [0.15, 0.2) is 38.8 Å². The molecule has 0 atom stereocenters. The fourth-order valence-corrected chi connectivity index (χ4v) is 4.76. The number of amidine groups is 1. The number of hydrogen-bond acceptors (Lipinski definition) is 4. The van der Waals surface area contributed by atoms with E-state index in [2.05, 4.69) is 10.3 Å². The highest BCUT2D eigenvalue weighted by atomic mass is 19.4. The van der Waals surface area contributed by atoms with Crippen LogP contribution < -0.4 is 16.6 Å². The first-order valence-electron chi connectivity index (χ1n) is 11.0. The number of aliphatic imine (C=N–C) groups is 1. The lowest BCUT2D eigenvalue weighted by molar-refractivity contribution is -0.301. The summed E-state index contributed by atoms with van der Waals surface area (Å²) in [5.41, 5.74) is -10.1. The molecule has 0 bridgehead atoms. The molecule has 2 N–H and O–H groups in total. The average Bonchev–Trinajstić information content (AvgIpc) is 2.77. The predicted octanol–water partition coefficient (Wildman–Crippen LogP) is 5.17. The molecule has 2 aliphatic rings. The van der Waals surface area contributed by atoms with Gasteiger partial charge >= 0.3 is 18.0 Å². The highest BCUT2D eigenvalue weighted by Crippen LogP contribution is 2.55. The predicted molar refractivity (Wildman–Crippen MR) is 113 cm³/mol. The summed E-state index contributed by atoms with van der Waals surface area (Å²) in [4.78, 5) is 29.7. The van der Waals surface area contributed by atoms with Gasteiger partial charge in [-0.3, -0.25) is 9.78 Å². The molecule has 4 rings (SSSR count). The van der Waals surface area contributed by atoms with E-state index in [0.29, 0.717) is 4.57 Å². The van der Waals surface area contributed by atoms with Crippen molar-refractivity contribution >= 4 is 11.7 Å². The van der Waals surface area contributed by atoms with Crippen LogP contribution in [0.4, 0.5) is 36.6 Å². The summed E-state index contributed by atoms with van der Waals surface area (Å²) in [7, 11) is 0. The first kappa shape index (κ1) is 25.0. The molecule has 35 heavy (non-hydrogen) atoms. The molecule has 1 fully saturated rings. The average molecular weight is 506 g/mol. The van der Waals surface area contributed by atoms with Crippen molar-refractivity contribution in [3.05, 3.63) is 56.5 Å². The van der Waals surface area contributed by atoms with Crippen molar-refractivity contribution in [1.29, 1.82) is 0 Å². The molecule has 1 aromatic carbocycles. The molecule has 1 saturated carbocycles. The van der Waals surface area contributed by atoms with Crippen LogP contribution in [0.25, 0.3) is 5.69 Å². The van der Waals surface area contributed by atoms with Gasteiger partial charge in [0.05, 0.1) is 5.69 Å². The van der Waals surface area contributed by atoms with Crippen molar-refractivity contribution < 1.29 is 30.7 Å². The minimum atomic E-state index is -6.06. The van der Waals surface area contributed by atoms with Gasteiger partial charge in [-0.25, -0.2) is 18.7 Å². The van der Waals surface area contributed by atoms with Gasteiger partial charge in [0, 0.05) is 6.42 Å². The molecule has 1 aliphatic carbocycles. The summed E-state index contributed by atoms with van der Waals surface area (Å²) in [6, 6.07) is 3.74. The van der Waals surface area contributed by atoms with Crippen molar-refractivity contribution in [2.45, 2.75) is 62.8 Å². The van der Waals surface area contributed by atoms with E-state index in [1.54, 1.807) is 0 Å². The van der Waals surface area contributed by atoms with Crippen LogP contribution in [0.1, 0.15) is 50.5 Å². The molecule has 0 saturated heterocycles. The number of nitrogens with one attached hydrogen (secondary N) is 2. The third-order valence-corrected chi connectivity index (χ3v) is 6.46. The van der Waals surface area contributed by atoms with Gasteiger partial charge in [0.15, 0.2) is 0 Å².